The highest BCUT2D eigenvalue weighted by molar-refractivity contribution is 6.35. The van der Waals surface area contributed by atoms with Crippen LogP contribution in [0.5, 0.6) is 0 Å². The largest absolute Gasteiger partial charge is 0.347 e. The molecular weight excluding hydrogens is 395 g/mol. The molecule has 0 atom stereocenters. The van der Waals surface area contributed by atoms with Crippen LogP contribution in [0.2, 0.25) is 10.0 Å². The molecule has 5 amide bonds. The monoisotopic (exact) mass is 414 g/mol. The standard InChI is InChI=1S/C17H20Cl2N4O4/c1-17(2)15(26)23(16(27)22-17)7-3-4-13(24)20-9-14(25)21-12-8-10(18)5-6-11(12)19/h5-6,8H,3-4,7,9H2,1-2H3,(H,20,24)(H,21,25)(H,22,27). The van der Waals surface area contributed by atoms with Crippen molar-refractivity contribution in [1.29, 1.82) is 0 Å². The van der Waals surface area contributed by atoms with Crippen LogP contribution in [-0.2, 0) is 14.4 Å². The van der Waals surface area contributed by atoms with E-state index in [1.54, 1.807) is 26.0 Å². The Bertz CT molecular complexity index is 782. The smallest absolute Gasteiger partial charge is 0.325 e. The van der Waals surface area contributed by atoms with Gasteiger partial charge in [0.1, 0.15) is 5.54 Å². The van der Waals surface area contributed by atoms with E-state index >= 15 is 0 Å². The molecule has 0 aromatic heterocycles. The second kappa shape index (κ2) is 8.58. The molecule has 1 aromatic rings. The molecule has 2 rings (SSSR count). The Kier molecular flexibility index (Phi) is 6.67. The molecule has 1 saturated heterocycles. The second-order valence-corrected chi connectivity index (χ2v) is 7.41. The summed E-state index contributed by atoms with van der Waals surface area (Å²) in [6.07, 6.45) is 0.367. The number of benzene rings is 1. The first kappa shape index (κ1) is 21.0. The molecule has 0 bridgehead atoms. The van der Waals surface area contributed by atoms with Crippen LogP contribution in [-0.4, -0.2) is 47.3 Å². The van der Waals surface area contributed by atoms with Gasteiger partial charge in [-0.3, -0.25) is 19.3 Å². The van der Waals surface area contributed by atoms with Crippen molar-refractivity contribution in [1.82, 2.24) is 15.5 Å². The van der Waals surface area contributed by atoms with Crippen LogP contribution in [0.25, 0.3) is 0 Å². The molecule has 0 spiro atoms. The topological polar surface area (TPSA) is 108 Å². The van der Waals surface area contributed by atoms with Crippen molar-refractivity contribution in [3.05, 3.63) is 28.2 Å². The average Bonchev–Trinajstić information content (AvgIpc) is 2.78. The maximum atomic E-state index is 12.0. The van der Waals surface area contributed by atoms with Gasteiger partial charge in [-0.25, -0.2) is 4.79 Å². The van der Waals surface area contributed by atoms with E-state index in [4.69, 9.17) is 23.2 Å². The molecule has 8 nitrogen and oxygen atoms in total. The first-order valence-corrected chi connectivity index (χ1v) is 9.01. The van der Waals surface area contributed by atoms with Crippen molar-refractivity contribution in [2.45, 2.75) is 32.2 Å². The summed E-state index contributed by atoms with van der Waals surface area (Å²) in [7, 11) is 0. The van der Waals surface area contributed by atoms with Crippen LogP contribution >= 0.6 is 23.2 Å². The molecule has 27 heavy (non-hydrogen) atoms. The maximum absolute atomic E-state index is 12.0. The van der Waals surface area contributed by atoms with Crippen molar-refractivity contribution in [2.75, 3.05) is 18.4 Å². The predicted molar refractivity (Wildman–Crippen MR) is 102 cm³/mol. The van der Waals surface area contributed by atoms with Crippen LogP contribution < -0.4 is 16.0 Å². The lowest BCUT2D eigenvalue weighted by Crippen LogP contribution is -2.40. The molecular formula is C17H20Cl2N4O4. The SMILES string of the molecule is CC1(C)NC(=O)N(CCCC(=O)NCC(=O)Nc2cc(Cl)ccc2Cl)C1=O. The Morgan fingerprint density at radius 3 is 2.52 bits per heavy atom. The molecule has 0 aliphatic carbocycles. The van der Waals surface area contributed by atoms with E-state index in [0.717, 1.165) is 4.90 Å². The predicted octanol–water partition coefficient (Wildman–Crippen LogP) is 2.16. The first-order chi connectivity index (χ1) is 12.6. The Labute approximate surface area is 166 Å². The van der Waals surface area contributed by atoms with Gasteiger partial charge < -0.3 is 16.0 Å². The summed E-state index contributed by atoms with van der Waals surface area (Å²) in [4.78, 5) is 48.6. The van der Waals surface area contributed by atoms with Crippen molar-refractivity contribution >= 4 is 52.6 Å². The Balaban J connectivity index is 1.72. The minimum Gasteiger partial charge on any atom is -0.347 e. The summed E-state index contributed by atoms with van der Waals surface area (Å²) >= 11 is 11.8. The normalized spacial score (nSPS) is 15.5. The molecule has 1 aliphatic rings. The van der Waals surface area contributed by atoms with E-state index in [0.29, 0.717) is 22.2 Å². The van der Waals surface area contributed by atoms with Gasteiger partial charge >= 0.3 is 6.03 Å². The Hall–Kier alpha value is -2.32. The zero-order chi connectivity index (χ0) is 20.2. The lowest BCUT2D eigenvalue weighted by Gasteiger charge is -2.15. The number of carbonyl (C=O) groups is 4. The van der Waals surface area contributed by atoms with Crippen LogP contribution in [0.1, 0.15) is 26.7 Å². The highest BCUT2D eigenvalue weighted by Gasteiger charge is 2.43. The van der Waals surface area contributed by atoms with Gasteiger partial charge in [0, 0.05) is 18.0 Å². The number of amides is 5. The Morgan fingerprint density at radius 1 is 1.19 bits per heavy atom. The number of rotatable bonds is 7. The van der Waals surface area contributed by atoms with Crippen molar-refractivity contribution in [3.8, 4) is 0 Å². The summed E-state index contributed by atoms with van der Waals surface area (Å²) < 4.78 is 0. The number of hydrogen-bond acceptors (Lipinski definition) is 4. The lowest BCUT2D eigenvalue weighted by molar-refractivity contribution is -0.130. The fraction of sp³-hybridized carbons (Fsp3) is 0.412. The van der Waals surface area contributed by atoms with Gasteiger partial charge in [-0.15, -0.1) is 0 Å². The number of urea groups is 1. The van der Waals surface area contributed by atoms with Gasteiger partial charge in [0.25, 0.3) is 5.91 Å². The molecule has 1 fully saturated rings. The van der Waals surface area contributed by atoms with Gasteiger partial charge in [0.2, 0.25) is 11.8 Å². The van der Waals surface area contributed by atoms with E-state index in [1.807, 2.05) is 0 Å². The highest BCUT2D eigenvalue weighted by atomic mass is 35.5. The van der Waals surface area contributed by atoms with Crippen molar-refractivity contribution in [3.63, 3.8) is 0 Å². The number of halogens is 2. The molecule has 10 heteroatoms. The van der Waals surface area contributed by atoms with E-state index in [2.05, 4.69) is 16.0 Å². The second-order valence-electron chi connectivity index (χ2n) is 6.56. The molecule has 0 saturated carbocycles. The minimum atomic E-state index is -0.932. The number of hydrogen-bond donors (Lipinski definition) is 3. The van der Waals surface area contributed by atoms with Gasteiger partial charge in [0.05, 0.1) is 17.3 Å². The minimum absolute atomic E-state index is 0.0721. The summed E-state index contributed by atoms with van der Waals surface area (Å²) in [5.41, 5.74) is -0.580. The molecule has 146 valence electrons. The first-order valence-electron chi connectivity index (χ1n) is 8.26. The highest BCUT2D eigenvalue weighted by Crippen LogP contribution is 2.25. The summed E-state index contributed by atoms with van der Waals surface area (Å²) in [6.45, 7) is 3.12. The molecule has 0 radical (unpaired) electrons. The van der Waals surface area contributed by atoms with Crippen LogP contribution in [0.15, 0.2) is 18.2 Å². The Morgan fingerprint density at radius 2 is 1.89 bits per heavy atom. The molecule has 1 aromatic carbocycles. The molecule has 3 N–H and O–H groups in total. The molecule has 0 unspecified atom stereocenters. The van der Waals surface area contributed by atoms with Crippen LogP contribution in [0.3, 0.4) is 0 Å². The van der Waals surface area contributed by atoms with E-state index in [-0.39, 0.29) is 31.3 Å². The molecule has 1 aliphatic heterocycles. The quantitative estimate of drug-likeness (QED) is 0.593. The number of imide groups is 1. The summed E-state index contributed by atoms with van der Waals surface area (Å²) in [5.74, 6) is -1.15. The number of nitrogens with zero attached hydrogens (tertiary/aromatic N) is 1. The van der Waals surface area contributed by atoms with Crippen LogP contribution in [0, 0.1) is 0 Å². The van der Waals surface area contributed by atoms with Gasteiger partial charge in [0.15, 0.2) is 0 Å². The zero-order valence-electron chi connectivity index (χ0n) is 14.9. The van der Waals surface area contributed by atoms with Gasteiger partial charge in [-0.05, 0) is 38.5 Å². The lowest BCUT2D eigenvalue weighted by atomic mass is 10.1. The molecule has 1 heterocycles. The number of anilines is 1. The summed E-state index contributed by atoms with van der Waals surface area (Å²) in [6, 6.07) is 4.18. The zero-order valence-corrected chi connectivity index (χ0v) is 16.4. The van der Waals surface area contributed by atoms with Crippen molar-refractivity contribution < 1.29 is 19.2 Å². The average molecular weight is 415 g/mol. The maximum Gasteiger partial charge on any atom is 0.325 e. The number of carbonyl (C=O) groups excluding carboxylic acids is 4. The fourth-order valence-corrected chi connectivity index (χ4v) is 2.81. The van der Waals surface area contributed by atoms with E-state index in [1.165, 1.54) is 6.07 Å². The van der Waals surface area contributed by atoms with Gasteiger partial charge in [-0.2, -0.15) is 0 Å². The van der Waals surface area contributed by atoms with E-state index < -0.39 is 17.5 Å². The van der Waals surface area contributed by atoms with E-state index in [9.17, 15) is 19.2 Å². The third-order valence-electron chi connectivity index (χ3n) is 3.88. The third kappa shape index (κ3) is 5.58. The number of nitrogens with one attached hydrogen (secondary N) is 3. The van der Waals surface area contributed by atoms with Gasteiger partial charge in [-0.1, -0.05) is 23.2 Å². The fourth-order valence-electron chi connectivity index (χ4n) is 2.47. The van der Waals surface area contributed by atoms with Crippen molar-refractivity contribution in [2.24, 2.45) is 0 Å². The van der Waals surface area contributed by atoms with Crippen LogP contribution in [0.4, 0.5) is 10.5 Å². The third-order valence-corrected chi connectivity index (χ3v) is 4.44. The summed E-state index contributed by atoms with van der Waals surface area (Å²) in [5, 5.41) is 8.34.